The van der Waals surface area contributed by atoms with Crippen molar-refractivity contribution in [2.75, 3.05) is 12.3 Å². The molecule has 0 saturated carbocycles. The molecule has 3 N–H and O–H groups in total. The lowest BCUT2D eigenvalue weighted by Crippen LogP contribution is -2.38. The third kappa shape index (κ3) is 4.99. The Morgan fingerprint density at radius 2 is 1.79 bits per heavy atom. The van der Waals surface area contributed by atoms with Gasteiger partial charge in [-0.05, 0) is 37.1 Å². The minimum atomic E-state index is -0.535. The van der Waals surface area contributed by atoms with Gasteiger partial charge in [0.25, 0.3) is 5.91 Å². The highest BCUT2D eigenvalue weighted by molar-refractivity contribution is 5.91. The van der Waals surface area contributed by atoms with Crippen LogP contribution >= 0.6 is 0 Å². The quantitative estimate of drug-likeness (QED) is 0.625. The number of nitrogens with two attached hydrogens (primary N) is 1. The molecule has 1 rings (SSSR count). The fourth-order valence-corrected chi connectivity index (χ4v) is 1.30. The molecule has 0 aliphatic heterocycles. The van der Waals surface area contributed by atoms with Gasteiger partial charge in [0.2, 0.25) is 0 Å². The van der Waals surface area contributed by atoms with Crippen molar-refractivity contribution in [1.29, 1.82) is 0 Å². The zero-order valence-electron chi connectivity index (χ0n) is 11.5. The zero-order valence-corrected chi connectivity index (χ0v) is 11.5. The number of ether oxygens (including phenoxy) is 1. The summed E-state index contributed by atoms with van der Waals surface area (Å²) < 4.78 is 4.92. The molecule has 0 aliphatic carbocycles. The summed E-state index contributed by atoms with van der Waals surface area (Å²) in [7, 11) is 0. The second kappa shape index (κ2) is 6.78. The maximum absolute atomic E-state index is 11.6. The van der Waals surface area contributed by atoms with Crippen LogP contribution in [0, 0.1) is 5.92 Å². The summed E-state index contributed by atoms with van der Waals surface area (Å²) in [6.45, 7) is 5.64. The topological polar surface area (TPSA) is 81.4 Å². The van der Waals surface area contributed by atoms with E-state index in [2.05, 4.69) is 5.32 Å². The molecular weight excluding hydrogens is 244 g/mol. The molecule has 0 saturated heterocycles. The molecule has 0 bridgehead atoms. The van der Waals surface area contributed by atoms with Crippen LogP contribution in [0.1, 0.15) is 31.1 Å². The molecule has 0 fully saturated rings. The van der Waals surface area contributed by atoms with E-state index in [4.69, 9.17) is 10.5 Å². The number of carbonyl (C=O) groups excluding carboxylic acids is 2. The van der Waals surface area contributed by atoms with Crippen molar-refractivity contribution in [3.8, 4) is 0 Å². The fourth-order valence-electron chi connectivity index (χ4n) is 1.30. The average molecular weight is 264 g/mol. The minimum absolute atomic E-state index is 0.0442. The van der Waals surface area contributed by atoms with Crippen LogP contribution in [0.5, 0.6) is 0 Å². The maximum Gasteiger partial charge on any atom is 0.338 e. The van der Waals surface area contributed by atoms with Crippen molar-refractivity contribution < 1.29 is 14.3 Å². The Balaban J connectivity index is 2.42. The van der Waals surface area contributed by atoms with Crippen molar-refractivity contribution >= 4 is 17.6 Å². The maximum atomic E-state index is 11.6. The third-order valence-corrected chi connectivity index (χ3v) is 2.87. The Hall–Kier alpha value is -2.04. The van der Waals surface area contributed by atoms with Crippen molar-refractivity contribution in [3.63, 3.8) is 0 Å². The molecule has 0 radical (unpaired) electrons. The highest BCUT2D eigenvalue weighted by atomic mass is 16.5. The Labute approximate surface area is 113 Å². The number of amides is 1. The summed E-state index contributed by atoms with van der Waals surface area (Å²) in [5.41, 5.74) is 6.46. The van der Waals surface area contributed by atoms with Crippen LogP contribution in [0.15, 0.2) is 24.3 Å². The Morgan fingerprint density at radius 3 is 2.32 bits per heavy atom. The molecule has 0 aromatic heterocycles. The van der Waals surface area contributed by atoms with Gasteiger partial charge >= 0.3 is 5.97 Å². The van der Waals surface area contributed by atoms with Crippen LogP contribution in [0.4, 0.5) is 5.69 Å². The molecule has 0 unspecified atom stereocenters. The molecule has 0 heterocycles. The SMILES string of the molecule is CC(C)[C@H](C)NC(=O)COC(=O)c1ccc(N)cc1. The predicted molar refractivity (Wildman–Crippen MR) is 73.6 cm³/mol. The molecule has 5 heteroatoms. The van der Waals surface area contributed by atoms with Gasteiger partial charge in [-0.3, -0.25) is 4.79 Å². The smallest absolute Gasteiger partial charge is 0.338 e. The molecule has 0 spiro atoms. The summed E-state index contributed by atoms with van der Waals surface area (Å²) in [4.78, 5) is 23.2. The van der Waals surface area contributed by atoms with Gasteiger partial charge in [0, 0.05) is 11.7 Å². The average Bonchev–Trinajstić information content (AvgIpc) is 2.36. The Kier molecular flexibility index (Phi) is 5.36. The first-order chi connectivity index (χ1) is 8.90. The van der Waals surface area contributed by atoms with Crippen molar-refractivity contribution in [3.05, 3.63) is 29.8 Å². The van der Waals surface area contributed by atoms with Crippen molar-refractivity contribution in [2.24, 2.45) is 5.92 Å². The van der Waals surface area contributed by atoms with Crippen LogP contribution < -0.4 is 11.1 Å². The summed E-state index contributed by atoms with van der Waals surface area (Å²) in [6.07, 6.45) is 0. The van der Waals surface area contributed by atoms with Gasteiger partial charge in [0.1, 0.15) is 0 Å². The first-order valence-corrected chi connectivity index (χ1v) is 6.22. The van der Waals surface area contributed by atoms with Crippen LogP contribution in [0.25, 0.3) is 0 Å². The van der Waals surface area contributed by atoms with E-state index in [0.29, 0.717) is 17.2 Å². The van der Waals surface area contributed by atoms with Gasteiger partial charge in [0.15, 0.2) is 6.61 Å². The van der Waals surface area contributed by atoms with Crippen LogP contribution in [-0.2, 0) is 9.53 Å². The minimum Gasteiger partial charge on any atom is -0.452 e. The van der Waals surface area contributed by atoms with Gasteiger partial charge in [-0.15, -0.1) is 0 Å². The Bertz CT molecular complexity index is 441. The molecule has 104 valence electrons. The van der Waals surface area contributed by atoms with E-state index in [1.54, 1.807) is 24.3 Å². The lowest BCUT2D eigenvalue weighted by Gasteiger charge is -2.17. The number of hydrogen-bond acceptors (Lipinski definition) is 4. The van der Waals surface area contributed by atoms with E-state index in [0.717, 1.165) is 0 Å². The van der Waals surface area contributed by atoms with E-state index in [9.17, 15) is 9.59 Å². The van der Waals surface area contributed by atoms with E-state index in [1.807, 2.05) is 20.8 Å². The fraction of sp³-hybridized carbons (Fsp3) is 0.429. The first-order valence-electron chi connectivity index (χ1n) is 6.22. The number of carbonyl (C=O) groups is 2. The van der Waals surface area contributed by atoms with Crippen molar-refractivity contribution in [2.45, 2.75) is 26.8 Å². The summed E-state index contributed by atoms with van der Waals surface area (Å²) in [5.74, 6) is -0.505. The van der Waals surface area contributed by atoms with Crippen molar-refractivity contribution in [1.82, 2.24) is 5.32 Å². The zero-order chi connectivity index (χ0) is 14.4. The number of esters is 1. The molecule has 19 heavy (non-hydrogen) atoms. The van der Waals surface area contributed by atoms with Gasteiger partial charge < -0.3 is 15.8 Å². The number of nitrogen functional groups attached to an aromatic ring is 1. The molecule has 1 amide bonds. The number of nitrogens with one attached hydrogen (secondary N) is 1. The van der Waals surface area contributed by atoms with Gasteiger partial charge in [-0.2, -0.15) is 0 Å². The number of hydrogen-bond donors (Lipinski definition) is 2. The summed E-state index contributed by atoms with van der Waals surface area (Å²) in [6, 6.07) is 6.39. The summed E-state index contributed by atoms with van der Waals surface area (Å²) >= 11 is 0. The largest absolute Gasteiger partial charge is 0.452 e. The summed E-state index contributed by atoms with van der Waals surface area (Å²) in [5, 5.41) is 2.76. The molecular formula is C14H20N2O3. The predicted octanol–water partition coefficient (Wildman–Crippen LogP) is 1.59. The van der Waals surface area contributed by atoms with E-state index in [1.165, 1.54) is 0 Å². The van der Waals surface area contributed by atoms with E-state index in [-0.39, 0.29) is 18.6 Å². The number of rotatable bonds is 5. The lowest BCUT2D eigenvalue weighted by atomic mass is 10.1. The number of anilines is 1. The third-order valence-electron chi connectivity index (χ3n) is 2.87. The lowest BCUT2D eigenvalue weighted by molar-refractivity contribution is -0.125. The van der Waals surface area contributed by atoms with Gasteiger partial charge in [-0.25, -0.2) is 4.79 Å². The van der Waals surface area contributed by atoms with E-state index >= 15 is 0 Å². The highest BCUT2D eigenvalue weighted by Gasteiger charge is 2.13. The molecule has 1 aromatic rings. The van der Waals surface area contributed by atoms with Crippen LogP contribution in [0.3, 0.4) is 0 Å². The highest BCUT2D eigenvalue weighted by Crippen LogP contribution is 2.06. The first kappa shape index (κ1) is 15.0. The second-order valence-electron chi connectivity index (χ2n) is 4.80. The molecule has 1 atom stereocenters. The standard InChI is InChI=1S/C14H20N2O3/c1-9(2)10(3)16-13(17)8-19-14(18)11-4-6-12(15)7-5-11/h4-7,9-10H,8,15H2,1-3H3,(H,16,17)/t10-/m0/s1. The van der Waals surface area contributed by atoms with Gasteiger partial charge in [-0.1, -0.05) is 13.8 Å². The molecule has 5 nitrogen and oxygen atoms in total. The van der Waals surface area contributed by atoms with E-state index < -0.39 is 5.97 Å². The molecule has 0 aliphatic rings. The number of benzene rings is 1. The Morgan fingerprint density at radius 1 is 1.21 bits per heavy atom. The monoisotopic (exact) mass is 264 g/mol. The van der Waals surface area contributed by atoms with Crippen LogP contribution in [0.2, 0.25) is 0 Å². The molecule has 1 aromatic carbocycles. The second-order valence-corrected chi connectivity index (χ2v) is 4.80. The van der Waals surface area contributed by atoms with Crippen LogP contribution in [-0.4, -0.2) is 24.5 Å². The normalized spacial score (nSPS) is 12.0. The van der Waals surface area contributed by atoms with Gasteiger partial charge in [0.05, 0.1) is 5.56 Å².